The summed E-state index contributed by atoms with van der Waals surface area (Å²) in [4.78, 5) is 27.3. The lowest BCUT2D eigenvalue weighted by atomic mass is 10.1. The molecular weight excluding hydrogens is 268 g/mol. The fourth-order valence-corrected chi connectivity index (χ4v) is 2.36. The van der Waals surface area contributed by atoms with E-state index in [0.29, 0.717) is 18.5 Å². The van der Waals surface area contributed by atoms with Crippen LogP contribution < -0.4 is 10.6 Å². The number of nitrogens with one attached hydrogen (secondary N) is 2. The van der Waals surface area contributed by atoms with Crippen LogP contribution in [0.5, 0.6) is 0 Å². The topological polar surface area (TPSA) is 76.0 Å². The second kappa shape index (κ2) is 5.78. The molecular formula is C15H16N4O2. The summed E-state index contributed by atoms with van der Waals surface area (Å²) in [6, 6.07) is 5.29. The molecule has 6 nitrogen and oxygen atoms in total. The second-order valence-corrected chi connectivity index (χ2v) is 5.01. The number of anilines is 1. The van der Waals surface area contributed by atoms with Gasteiger partial charge in [-0.15, -0.1) is 0 Å². The van der Waals surface area contributed by atoms with Crippen LogP contribution in [0.4, 0.5) is 5.69 Å². The Labute approximate surface area is 122 Å². The molecule has 0 atom stereocenters. The number of imidazole rings is 1. The minimum absolute atomic E-state index is 0.0251. The molecule has 0 bridgehead atoms. The maximum absolute atomic E-state index is 12.1. The predicted molar refractivity (Wildman–Crippen MR) is 78.0 cm³/mol. The Morgan fingerprint density at radius 1 is 1.43 bits per heavy atom. The molecule has 1 aromatic heterocycles. The normalized spacial score (nSPS) is 12.9. The van der Waals surface area contributed by atoms with Crippen molar-refractivity contribution >= 4 is 17.5 Å². The summed E-state index contributed by atoms with van der Waals surface area (Å²) in [5.41, 5.74) is 2.27. The molecule has 21 heavy (non-hydrogen) atoms. The molecule has 2 heterocycles. The van der Waals surface area contributed by atoms with Crippen LogP contribution in [0.25, 0.3) is 0 Å². The van der Waals surface area contributed by atoms with E-state index in [2.05, 4.69) is 15.6 Å². The van der Waals surface area contributed by atoms with Gasteiger partial charge in [0.2, 0.25) is 5.91 Å². The highest BCUT2D eigenvalue weighted by molar-refractivity contribution is 6.01. The van der Waals surface area contributed by atoms with Gasteiger partial charge in [-0.3, -0.25) is 9.59 Å². The van der Waals surface area contributed by atoms with Crippen molar-refractivity contribution in [3.63, 3.8) is 0 Å². The third-order valence-electron chi connectivity index (χ3n) is 3.43. The van der Waals surface area contributed by atoms with Crippen LogP contribution in [-0.4, -0.2) is 27.9 Å². The fourth-order valence-electron chi connectivity index (χ4n) is 2.36. The molecule has 108 valence electrons. The lowest BCUT2D eigenvalue weighted by molar-refractivity contribution is -0.115. The van der Waals surface area contributed by atoms with Gasteiger partial charge in [-0.05, 0) is 30.2 Å². The number of benzene rings is 1. The van der Waals surface area contributed by atoms with Gasteiger partial charge in [0.25, 0.3) is 5.91 Å². The smallest absolute Gasteiger partial charge is 0.251 e. The second-order valence-electron chi connectivity index (χ2n) is 5.01. The summed E-state index contributed by atoms with van der Waals surface area (Å²) >= 11 is 0. The number of hydrogen-bond acceptors (Lipinski definition) is 3. The lowest BCUT2D eigenvalue weighted by Crippen LogP contribution is -2.25. The number of aromatic nitrogens is 2. The number of hydrogen-bond donors (Lipinski definition) is 2. The van der Waals surface area contributed by atoms with Crippen molar-refractivity contribution in [2.75, 3.05) is 11.9 Å². The summed E-state index contributed by atoms with van der Waals surface area (Å²) in [7, 11) is 0. The van der Waals surface area contributed by atoms with Gasteiger partial charge in [-0.1, -0.05) is 0 Å². The molecule has 1 aliphatic heterocycles. The van der Waals surface area contributed by atoms with Crippen LogP contribution in [0.3, 0.4) is 0 Å². The van der Waals surface area contributed by atoms with E-state index in [-0.39, 0.29) is 11.8 Å². The molecule has 1 aromatic carbocycles. The highest BCUT2D eigenvalue weighted by Gasteiger charge is 2.18. The first-order chi connectivity index (χ1) is 10.2. The highest BCUT2D eigenvalue weighted by Crippen LogP contribution is 2.23. The Kier molecular flexibility index (Phi) is 3.68. The molecule has 0 radical (unpaired) electrons. The van der Waals surface area contributed by atoms with Crippen LogP contribution in [0, 0.1) is 0 Å². The first kappa shape index (κ1) is 13.4. The zero-order chi connectivity index (χ0) is 14.7. The van der Waals surface area contributed by atoms with E-state index in [1.165, 1.54) is 0 Å². The van der Waals surface area contributed by atoms with Crippen LogP contribution >= 0.6 is 0 Å². The monoisotopic (exact) mass is 284 g/mol. The van der Waals surface area contributed by atoms with Crippen LogP contribution in [0.1, 0.15) is 22.3 Å². The van der Waals surface area contributed by atoms with Crippen molar-refractivity contribution in [1.29, 1.82) is 0 Å². The molecule has 0 spiro atoms. The Morgan fingerprint density at radius 3 is 3.14 bits per heavy atom. The van der Waals surface area contributed by atoms with E-state index >= 15 is 0 Å². The number of nitrogens with zero attached hydrogens (tertiary/aromatic N) is 2. The van der Waals surface area contributed by atoms with Gasteiger partial charge in [0.15, 0.2) is 0 Å². The van der Waals surface area contributed by atoms with E-state index in [4.69, 9.17) is 0 Å². The van der Waals surface area contributed by atoms with Gasteiger partial charge in [-0.25, -0.2) is 4.98 Å². The summed E-state index contributed by atoms with van der Waals surface area (Å²) in [6.07, 6.45) is 6.57. The number of rotatable bonds is 5. The average molecular weight is 284 g/mol. The van der Waals surface area contributed by atoms with Crippen LogP contribution in [0.2, 0.25) is 0 Å². The third-order valence-corrected chi connectivity index (χ3v) is 3.43. The first-order valence-electron chi connectivity index (χ1n) is 6.89. The van der Waals surface area contributed by atoms with Gasteiger partial charge in [0.1, 0.15) is 0 Å². The molecule has 0 saturated carbocycles. The molecule has 0 saturated heterocycles. The highest BCUT2D eigenvalue weighted by atomic mass is 16.2. The van der Waals surface area contributed by atoms with Crippen molar-refractivity contribution in [3.8, 4) is 0 Å². The Morgan fingerprint density at radius 2 is 2.33 bits per heavy atom. The Bertz CT molecular complexity index is 664. The van der Waals surface area contributed by atoms with Crippen LogP contribution in [0.15, 0.2) is 36.9 Å². The molecule has 2 amide bonds. The van der Waals surface area contributed by atoms with Crippen molar-refractivity contribution in [3.05, 3.63) is 48.0 Å². The molecule has 6 heteroatoms. The number of aryl methyl sites for hydroxylation is 1. The summed E-state index contributed by atoms with van der Waals surface area (Å²) < 4.78 is 1.97. The number of carbonyl (C=O) groups excluding carboxylic acids is 2. The SMILES string of the molecule is O=C1Cc2cc(C(=O)NCCCn3ccnc3)ccc2N1. The minimum Gasteiger partial charge on any atom is -0.352 e. The summed E-state index contributed by atoms with van der Waals surface area (Å²) in [6.45, 7) is 1.42. The first-order valence-corrected chi connectivity index (χ1v) is 6.89. The average Bonchev–Trinajstić information content (AvgIpc) is 3.10. The molecule has 1 aliphatic rings. The van der Waals surface area contributed by atoms with E-state index in [1.807, 2.05) is 10.8 Å². The van der Waals surface area contributed by atoms with Crippen LogP contribution in [-0.2, 0) is 17.8 Å². The molecule has 0 aliphatic carbocycles. The van der Waals surface area contributed by atoms with Crippen molar-refractivity contribution < 1.29 is 9.59 Å². The number of fused-ring (bicyclic) bond motifs is 1. The van der Waals surface area contributed by atoms with Gasteiger partial charge in [0, 0.05) is 36.7 Å². The van der Waals surface area contributed by atoms with E-state index in [9.17, 15) is 9.59 Å². The minimum atomic E-state index is -0.109. The quantitative estimate of drug-likeness (QED) is 0.810. The Balaban J connectivity index is 1.51. The predicted octanol–water partition coefficient (Wildman–Crippen LogP) is 1.20. The maximum atomic E-state index is 12.1. The van der Waals surface area contributed by atoms with Gasteiger partial charge >= 0.3 is 0 Å². The fraction of sp³-hybridized carbons (Fsp3) is 0.267. The third kappa shape index (κ3) is 3.10. The number of amides is 2. The van der Waals surface area contributed by atoms with E-state index in [1.54, 1.807) is 30.7 Å². The van der Waals surface area contributed by atoms with Gasteiger partial charge < -0.3 is 15.2 Å². The van der Waals surface area contributed by atoms with Gasteiger partial charge in [0.05, 0.1) is 12.7 Å². The molecule has 2 aromatic rings. The largest absolute Gasteiger partial charge is 0.352 e. The Hall–Kier alpha value is -2.63. The molecule has 3 rings (SSSR count). The van der Waals surface area contributed by atoms with E-state index < -0.39 is 0 Å². The molecule has 2 N–H and O–H groups in total. The van der Waals surface area contributed by atoms with E-state index in [0.717, 1.165) is 24.2 Å². The van der Waals surface area contributed by atoms with Crippen molar-refractivity contribution in [1.82, 2.24) is 14.9 Å². The number of carbonyl (C=O) groups is 2. The van der Waals surface area contributed by atoms with Crippen molar-refractivity contribution in [2.24, 2.45) is 0 Å². The molecule has 0 fully saturated rings. The standard InChI is InChI=1S/C15H16N4O2/c20-14-9-12-8-11(2-3-13(12)18-14)15(21)17-4-1-6-19-7-5-16-10-19/h2-3,5,7-8,10H,1,4,6,9H2,(H,17,21)(H,18,20). The molecule has 0 unspecified atom stereocenters. The lowest BCUT2D eigenvalue weighted by Gasteiger charge is -2.07. The maximum Gasteiger partial charge on any atom is 0.251 e. The van der Waals surface area contributed by atoms with Gasteiger partial charge in [-0.2, -0.15) is 0 Å². The van der Waals surface area contributed by atoms with Crippen molar-refractivity contribution in [2.45, 2.75) is 19.4 Å². The summed E-state index contributed by atoms with van der Waals surface area (Å²) in [5.74, 6) is -0.134. The zero-order valence-electron chi connectivity index (χ0n) is 11.5. The summed E-state index contributed by atoms with van der Waals surface area (Å²) in [5, 5.41) is 5.64. The zero-order valence-corrected chi connectivity index (χ0v) is 11.5.